The second-order valence-corrected chi connectivity index (χ2v) is 4.98. The molecule has 1 amide bonds. The monoisotopic (exact) mass is 258 g/mol. The number of rotatable bonds is 5. The van der Waals surface area contributed by atoms with Crippen LogP contribution in [0.1, 0.15) is 19.4 Å². The van der Waals surface area contributed by atoms with Crippen LogP contribution >= 0.6 is 0 Å². The molecule has 1 heterocycles. The number of aromatic nitrogens is 2. The molecule has 0 atom stereocenters. The highest BCUT2D eigenvalue weighted by Gasteiger charge is 2.23. The third kappa shape index (κ3) is 3.20. The second kappa shape index (κ2) is 5.24. The van der Waals surface area contributed by atoms with E-state index in [4.69, 9.17) is 5.73 Å². The van der Waals surface area contributed by atoms with E-state index in [1.54, 1.807) is 26.4 Å². The zero-order valence-corrected chi connectivity index (χ0v) is 11.1. The Morgan fingerprint density at radius 1 is 1.37 bits per heavy atom. The van der Waals surface area contributed by atoms with E-state index in [1.165, 1.54) is 0 Å². The molecule has 1 aromatic carbocycles. The number of nitrogens with one attached hydrogen (secondary N) is 1. The van der Waals surface area contributed by atoms with Crippen LogP contribution in [-0.2, 0) is 11.3 Å². The fraction of sp³-hybridized carbons (Fsp3) is 0.286. The Hall–Kier alpha value is -2.14. The van der Waals surface area contributed by atoms with Gasteiger partial charge in [0, 0.05) is 24.6 Å². The lowest BCUT2D eigenvalue weighted by atomic mass is 10.0. The number of amides is 1. The predicted molar refractivity (Wildman–Crippen MR) is 73.7 cm³/mol. The van der Waals surface area contributed by atoms with Gasteiger partial charge in [-0.3, -0.25) is 10.1 Å². The minimum Gasteiger partial charge on any atom is -0.368 e. The van der Waals surface area contributed by atoms with Crippen molar-refractivity contribution in [2.75, 3.05) is 0 Å². The number of hydrogen-bond acceptors (Lipinski definition) is 3. The number of nitrogens with two attached hydrogens (primary N) is 1. The second-order valence-electron chi connectivity index (χ2n) is 4.98. The van der Waals surface area contributed by atoms with Crippen molar-refractivity contribution in [1.82, 2.24) is 14.9 Å². The molecule has 0 aliphatic heterocycles. The molecule has 5 heteroatoms. The van der Waals surface area contributed by atoms with Crippen molar-refractivity contribution in [2.24, 2.45) is 5.73 Å². The molecule has 0 radical (unpaired) electrons. The summed E-state index contributed by atoms with van der Waals surface area (Å²) < 4.78 is 1.94. The Morgan fingerprint density at radius 2 is 2.05 bits per heavy atom. The molecule has 5 nitrogen and oxygen atoms in total. The summed E-state index contributed by atoms with van der Waals surface area (Å²) in [6.45, 7) is 4.14. The van der Waals surface area contributed by atoms with Crippen LogP contribution in [0.25, 0.3) is 5.69 Å². The SMILES string of the molecule is CC(C)(NCc1ccc(-n2ccnc2)cc1)C(N)=O. The van der Waals surface area contributed by atoms with Gasteiger partial charge in [-0.05, 0) is 31.5 Å². The van der Waals surface area contributed by atoms with Gasteiger partial charge >= 0.3 is 0 Å². The van der Waals surface area contributed by atoms with Crippen LogP contribution in [-0.4, -0.2) is 21.0 Å². The zero-order valence-electron chi connectivity index (χ0n) is 11.1. The van der Waals surface area contributed by atoms with Crippen LogP contribution in [0.5, 0.6) is 0 Å². The van der Waals surface area contributed by atoms with E-state index < -0.39 is 5.54 Å². The van der Waals surface area contributed by atoms with Gasteiger partial charge in [-0.2, -0.15) is 0 Å². The number of nitrogens with zero attached hydrogens (tertiary/aromatic N) is 2. The molecule has 0 saturated heterocycles. The lowest BCUT2D eigenvalue weighted by molar-refractivity contribution is -0.123. The van der Waals surface area contributed by atoms with Crippen LogP contribution in [0.4, 0.5) is 0 Å². The van der Waals surface area contributed by atoms with E-state index in [-0.39, 0.29) is 5.91 Å². The van der Waals surface area contributed by atoms with Crippen molar-refractivity contribution in [2.45, 2.75) is 25.9 Å². The molecule has 0 aliphatic rings. The molecule has 0 fully saturated rings. The summed E-state index contributed by atoms with van der Waals surface area (Å²) >= 11 is 0. The van der Waals surface area contributed by atoms with Crippen LogP contribution in [0, 0.1) is 0 Å². The topological polar surface area (TPSA) is 72.9 Å². The Labute approximate surface area is 112 Å². The number of carbonyl (C=O) groups excluding carboxylic acids is 1. The first-order chi connectivity index (χ1) is 8.99. The van der Waals surface area contributed by atoms with Gasteiger partial charge in [0.25, 0.3) is 0 Å². The lowest BCUT2D eigenvalue weighted by Crippen LogP contribution is -2.50. The van der Waals surface area contributed by atoms with E-state index >= 15 is 0 Å². The van der Waals surface area contributed by atoms with Gasteiger partial charge < -0.3 is 10.3 Å². The summed E-state index contributed by atoms with van der Waals surface area (Å²) in [5.74, 6) is -0.359. The Kier molecular flexibility index (Phi) is 3.66. The third-order valence-electron chi connectivity index (χ3n) is 3.09. The molecule has 0 spiro atoms. The van der Waals surface area contributed by atoms with Crippen molar-refractivity contribution in [1.29, 1.82) is 0 Å². The minimum absolute atomic E-state index is 0.359. The van der Waals surface area contributed by atoms with Crippen LogP contribution in [0.15, 0.2) is 43.0 Å². The normalized spacial score (nSPS) is 11.5. The summed E-state index contributed by atoms with van der Waals surface area (Å²) in [7, 11) is 0. The van der Waals surface area contributed by atoms with E-state index in [9.17, 15) is 4.79 Å². The summed E-state index contributed by atoms with van der Waals surface area (Å²) in [6.07, 6.45) is 5.39. The number of hydrogen-bond donors (Lipinski definition) is 2. The highest BCUT2D eigenvalue weighted by atomic mass is 16.1. The zero-order chi connectivity index (χ0) is 13.9. The van der Waals surface area contributed by atoms with Crippen LogP contribution < -0.4 is 11.1 Å². The number of imidazole rings is 1. The summed E-state index contributed by atoms with van der Waals surface area (Å²) in [5, 5.41) is 3.14. The molecule has 0 aliphatic carbocycles. The maximum atomic E-state index is 11.2. The fourth-order valence-electron chi connectivity index (χ4n) is 1.61. The van der Waals surface area contributed by atoms with Gasteiger partial charge in [-0.15, -0.1) is 0 Å². The molecular formula is C14H18N4O. The molecule has 1 aromatic heterocycles. The predicted octanol–water partition coefficient (Wildman–Crippen LogP) is 1.23. The Balaban J connectivity index is 2.02. The molecule has 0 unspecified atom stereocenters. The molecule has 2 rings (SSSR count). The molecule has 0 bridgehead atoms. The Morgan fingerprint density at radius 3 is 2.58 bits per heavy atom. The van der Waals surface area contributed by atoms with E-state index in [0.29, 0.717) is 6.54 Å². The van der Waals surface area contributed by atoms with Gasteiger partial charge in [0.15, 0.2) is 0 Å². The highest BCUT2D eigenvalue weighted by molar-refractivity contribution is 5.83. The van der Waals surface area contributed by atoms with Crippen molar-refractivity contribution < 1.29 is 4.79 Å². The van der Waals surface area contributed by atoms with Gasteiger partial charge in [-0.1, -0.05) is 12.1 Å². The molecular weight excluding hydrogens is 240 g/mol. The first kappa shape index (κ1) is 13.3. The van der Waals surface area contributed by atoms with Gasteiger partial charge in [-0.25, -0.2) is 4.98 Å². The van der Waals surface area contributed by atoms with Crippen molar-refractivity contribution in [3.8, 4) is 5.69 Å². The van der Waals surface area contributed by atoms with Crippen LogP contribution in [0.3, 0.4) is 0 Å². The van der Waals surface area contributed by atoms with Crippen molar-refractivity contribution in [3.05, 3.63) is 48.5 Å². The number of benzene rings is 1. The maximum Gasteiger partial charge on any atom is 0.237 e. The standard InChI is InChI=1S/C14H18N4O/c1-14(2,13(15)19)17-9-11-3-5-12(6-4-11)18-8-7-16-10-18/h3-8,10,17H,9H2,1-2H3,(H2,15,19). The highest BCUT2D eigenvalue weighted by Crippen LogP contribution is 2.10. The maximum absolute atomic E-state index is 11.2. The first-order valence-electron chi connectivity index (χ1n) is 6.11. The summed E-state index contributed by atoms with van der Waals surface area (Å²) in [4.78, 5) is 15.2. The van der Waals surface area contributed by atoms with Crippen molar-refractivity contribution in [3.63, 3.8) is 0 Å². The van der Waals surface area contributed by atoms with Gasteiger partial charge in [0.1, 0.15) is 0 Å². The number of primary amides is 1. The smallest absolute Gasteiger partial charge is 0.237 e. The third-order valence-corrected chi connectivity index (χ3v) is 3.09. The fourth-order valence-corrected chi connectivity index (χ4v) is 1.61. The average molecular weight is 258 g/mol. The van der Waals surface area contributed by atoms with Gasteiger partial charge in [0.2, 0.25) is 5.91 Å². The van der Waals surface area contributed by atoms with E-state index in [0.717, 1.165) is 11.3 Å². The molecule has 2 aromatic rings. The van der Waals surface area contributed by atoms with Crippen LogP contribution in [0.2, 0.25) is 0 Å². The van der Waals surface area contributed by atoms with Crippen molar-refractivity contribution >= 4 is 5.91 Å². The van der Waals surface area contributed by atoms with Gasteiger partial charge in [0.05, 0.1) is 11.9 Å². The Bertz CT molecular complexity index is 543. The van der Waals surface area contributed by atoms with E-state index in [2.05, 4.69) is 10.3 Å². The quantitative estimate of drug-likeness (QED) is 0.847. The molecule has 100 valence electrons. The average Bonchev–Trinajstić information content (AvgIpc) is 2.91. The summed E-state index contributed by atoms with van der Waals surface area (Å²) in [5.41, 5.74) is 6.75. The minimum atomic E-state index is -0.705. The molecule has 3 N–H and O–H groups in total. The summed E-state index contributed by atoms with van der Waals surface area (Å²) in [6, 6.07) is 8.05. The molecule has 0 saturated carbocycles. The first-order valence-corrected chi connectivity index (χ1v) is 6.11. The van der Waals surface area contributed by atoms with E-state index in [1.807, 2.05) is 35.0 Å². The lowest BCUT2D eigenvalue weighted by Gasteiger charge is -2.22. The molecule has 19 heavy (non-hydrogen) atoms. The largest absolute Gasteiger partial charge is 0.368 e. The number of carbonyl (C=O) groups is 1.